The van der Waals surface area contributed by atoms with Gasteiger partial charge in [0, 0.05) is 52.7 Å². The summed E-state index contributed by atoms with van der Waals surface area (Å²) in [6.45, 7) is 2.00. The van der Waals surface area contributed by atoms with E-state index < -0.39 is 9.84 Å². The molecular weight excluding hydrogens is 564 g/mol. The van der Waals surface area contributed by atoms with E-state index in [1.54, 1.807) is 23.7 Å². The highest BCUT2D eigenvalue weighted by atomic mass is 32.2. The first kappa shape index (κ1) is 25.7. The molecule has 3 atom stereocenters. The molecule has 210 valence electrons. The number of amides is 1. The smallest absolute Gasteiger partial charge is 0.276 e. The minimum atomic E-state index is -3.74. The zero-order chi connectivity index (χ0) is 28.5. The van der Waals surface area contributed by atoms with Gasteiger partial charge in [0.2, 0.25) is 0 Å². The van der Waals surface area contributed by atoms with Crippen LogP contribution in [0.2, 0.25) is 0 Å². The number of aryl methyl sites for hydroxylation is 1. The number of piperidine rings is 1. The number of H-pyrrole nitrogens is 1. The van der Waals surface area contributed by atoms with E-state index in [1.807, 2.05) is 30.2 Å². The summed E-state index contributed by atoms with van der Waals surface area (Å²) >= 11 is 1.57. The number of nitrogens with two attached hydrogens (primary N) is 1. The van der Waals surface area contributed by atoms with Gasteiger partial charge in [-0.05, 0) is 38.7 Å². The number of anilines is 1. The normalized spacial score (nSPS) is 20.6. The third-order valence-electron chi connectivity index (χ3n) is 7.94. The number of fused-ring (bicyclic) bond motifs is 3. The lowest BCUT2D eigenvalue weighted by molar-refractivity contribution is 0.0562. The van der Waals surface area contributed by atoms with Crippen molar-refractivity contribution in [2.45, 2.75) is 55.5 Å². The number of pyridine rings is 1. The fraction of sp³-hybridized carbons (Fsp3) is 0.346. The summed E-state index contributed by atoms with van der Waals surface area (Å²) in [6, 6.07) is 3.69. The Hall–Kier alpha value is -4.24. The maximum Gasteiger partial charge on any atom is 0.276 e. The van der Waals surface area contributed by atoms with Crippen LogP contribution in [-0.4, -0.2) is 77.5 Å². The summed E-state index contributed by atoms with van der Waals surface area (Å²) in [5, 5.41) is 15.5. The van der Waals surface area contributed by atoms with E-state index in [0.29, 0.717) is 29.7 Å². The van der Waals surface area contributed by atoms with Gasteiger partial charge in [0.05, 0.1) is 23.8 Å². The lowest BCUT2D eigenvalue weighted by atomic mass is 9.87. The number of nitrogen functional groups attached to an aromatic ring is 1. The van der Waals surface area contributed by atoms with Gasteiger partial charge in [-0.15, -0.1) is 11.3 Å². The number of thiazole rings is 1. The molecule has 0 aliphatic carbocycles. The summed E-state index contributed by atoms with van der Waals surface area (Å²) in [4.78, 5) is 30.1. The minimum absolute atomic E-state index is 0.00654. The second-order valence-corrected chi connectivity index (χ2v) is 13.8. The zero-order valence-electron chi connectivity index (χ0n) is 22.2. The van der Waals surface area contributed by atoms with Crippen molar-refractivity contribution in [1.29, 1.82) is 0 Å². The number of hydrogen-bond acceptors (Lipinski definition) is 11. The highest BCUT2D eigenvalue weighted by molar-refractivity contribution is 7.91. The standard InChI is InChI=1S/C26H26N10O3S2/c1-13-9-29-25(40-13)19-6-3-14(10-28-19)18-11-31-36-23(27)22(41(2,38)39)21(32-24(18)36)15-7-16-4-5-17(8-15)35(16)26(37)20-12-30-34-33-20/h3,6,9-12,15-17H,4-5,7-8,27H2,1-2H3,(H,30,33,34)/t15-,16-,17+. The van der Waals surface area contributed by atoms with Crippen LogP contribution in [0.15, 0.2) is 41.8 Å². The van der Waals surface area contributed by atoms with Crippen molar-refractivity contribution in [1.82, 2.24) is 44.9 Å². The number of nitrogens with one attached hydrogen (secondary N) is 1. The van der Waals surface area contributed by atoms with Crippen LogP contribution in [0.25, 0.3) is 27.5 Å². The molecule has 0 spiro atoms. The van der Waals surface area contributed by atoms with Gasteiger partial charge in [0.25, 0.3) is 5.91 Å². The van der Waals surface area contributed by atoms with Crippen molar-refractivity contribution in [3.63, 3.8) is 0 Å². The van der Waals surface area contributed by atoms with E-state index in [4.69, 9.17) is 10.7 Å². The molecule has 2 aliphatic heterocycles. The number of carbonyl (C=O) groups excluding carboxylic acids is 1. The van der Waals surface area contributed by atoms with Gasteiger partial charge in [0.1, 0.15) is 15.7 Å². The Balaban J connectivity index is 1.28. The quantitative estimate of drug-likeness (QED) is 0.309. The first-order valence-corrected chi connectivity index (χ1v) is 15.8. The number of carbonyl (C=O) groups is 1. The highest BCUT2D eigenvalue weighted by Crippen LogP contribution is 2.45. The van der Waals surface area contributed by atoms with Crippen LogP contribution in [0.1, 0.15) is 52.7 Å². The number of rotatable bonds is 5. The lowest BCUT2D eigenvalue weighted by Gasteiger charge is -2.38. The average molecular weight is 591 g/mol. The fourth-order valence-corrected chi connectivity index (χ4v) is 8.00. The molecule has 0 unspecified atom stereocenters. The van der Waals surface area contributed by atoms with Gasteiger partial charge >= 0.3 is 0 Å². The van der Waals surface area contributed by atoms with Crippen LogP contribution in [0.3, 0.4) is 0 Å². The topological polar surface area (TPSA) is 178 Å². The van der Waals surface area contributed by atoms with Crippen molar-refractivity contribution in [2.24, 2.45) is 0 Å². The predicted molar refractivity (Wildman–Crippen MR) is 151 cm³/mol. The van der Waals surface area contributed by atoms with E-state index in [2.05, 4.69) is 30.5 Å². The van der Waals surface area contributed by atoms with Gasteiger partial charge in [-0.2, -0.15) is 25.0 Å². The Morgan fingerprint density at radius 2 is 1.88 bits per heavy atom. The van der Waals surface area contributed by atoms with E-state index >= 15 is 0 Å². The van der Waals surface area contributed by atoms with Crippen LogP contribution in [-0.2, 0) is 9.84 Å². The Bertz CT molecular complexity index is 1880. The molecule has 2 aliphatic rings. The van der Waals surface area contributed by atoms with E-state index in [1.165, 1.54) is 10.7 Å². The largest absolute Gasteiger partial charge is 0.382 e. The molecule has 0 saturated carbocycles. The second-order valence-electron chi connectivity index (χ2n) is 10.6. The predicted octanol–water partition coefficient (Wildman–Crippen LogP) is 2.88. The molecule has 0 radical (unpaired) electrons. The molecular formula is C26H26N10O3S2. The SMILES string of the molecule is Cc1cnc(-c2ccc(-c3cnn4c(N)c(S(C)(=O)=O)c([C@@H]5C[C@H]6CC[C@@H](C5)N6C(=O)c5cn[nH]n5)nc34)cn2)s1. The summed E-state index contributed by atoms with van der Waals surface area (Å²) in [5.74, 6) is -0.352. The molecule has 7 rings (SSSR count). The molecule has 1 amide bonds. The van der Waals surface area contributed by atoms with Gasteiger partial charge in [-0.25, -0.2) is 18.4 Å². The van der Waals surface area contributed by atoms with Crippen LogP contribution < -0.4 is 5.73 Å². The van der Waals surface area contributed by atoms with Gasteiger partial charge in [-0.1, -0.05) is 6.07 Å². The molecule has 13 nitrogen and oxygen atoms in total. The second kappa shape index (κ2) is 9.41. The maximum absolute atomic E-state index is 13.2. The molecule has 15 heteroatoms. The average Bonchev–Trinajstić information content (AvgIpc) is 3.74. The number of aromatic nitrogens is 8. The molecule has 0 aromatic carbocycles. The van der Waals surface area contributed by atoms with E-state index in [-0.39, 0.29) is 40.3 Å². The molecule has 3 N–H and O–H groups in total. The molecule has 2 fully saturated rings. The monoisotopic (exact) mass is 590 g/mol. The van der Waals surface area contributed by atoms with E-state index in [9.17, 15) is 13.2 Å². The van der Waals surface area contributed by atoms with Gasteiger partial charge in [-0.3, -0.25) is 9.78 Å². The van der Waals surface area contributed by atoms with Crippen LogP contribution >= 0.6 is 11.3 Å². The third-order valence-corrected chi connectivity index (χ3v) is 10.0. The first-order chi connectivity index (χ1) is 19.7. The maximum atomic E-state index is 13.2. The number of nitrogens with zero attached hydrogens (tertiary/aromatic N) is 8. The Kier molecular flexibility index (Phi) is 5.90. The molecule has 5 aromatic rings. The molecule has 5 aromatic heterocycles. The first-order valence-electron chi connectivity index (χ1n) is 13.1. The summed E-state index contributed by atoms with van der Waals surface area (Å²) < 4.78 is 27.5. The van der Waals surface area contributed by atoms with Crippen molar-refractivity contribution in [2.75, 3.05) is 12.0 Å². The van der Waals surface area contributed by atoms with Crippen molar-refractivity contribution < 1.29 is 13.2 Å². The fourth-order valence-electron chi connectivity index (χ4n) is 6.20. The zero-order valence-corrected chi connectivity index (χ0v) is 23.9. The van der Waals surface area contributed by atoms with Gasteiger partial charge in [0.15, 0.2) is 21.2 Å². The van der Waals surface area contributed by atoms with Crippen LogP contribution in [0.5, 0.6) is 0 Å². The van der Waals surface area contributed by atoms with Crippen molar-refractivity contribution in [3.05, 3.63) is 53.2 Å². The van der Waals surface area contributed by atoms with Crippen molar-refractivity contribution >= 4 is 38.5 Å². The molecule has 2 bridgehead atoms. The van der Waals surface area contributed by atoms with Crippen molar-refractivity contribution in [3.8, 4) is 21.8 Å². The number of hydrogen-bond donors (Lipinski definition) is 2. The molecule has 2 saturated heterocycles. The molecule has 41 heavy (non-hydrogen) atoms. The number of sulfone groups is 1. The van der Waals surface area contributed by atoms with E-state index in [0.717, 1.165) is 40.2 Å². The summed E-state index contributed by atoms with van der Waals surface area (Å²) in [7, 11) is -3.74. The summed E-state index contributed by atoms with van der Waals surface area (Å²) in [6.07, 6.45) is 10.5. The third kappa shape index (κ3) is 4.26. The summed E-state index contributed by atoms with van der Waals surface area (Å²) in [5.41, 5.74) is 9.88. The highest BCUT2D eigenvalue weighted by Gasteiger charge is 2.46. The van der Waals surface area contributed by atoms with Crippen LogP contribution in [0.4, 0.5) is 5.82 Å². The lowest BCUT2D eigenvalue weighted by Crippen LogP contribution is -2.46. The Morgan fingerprint density at radius 1 is 1.10 bits per heavy atom. The van der Waals surface area contributed by atoms with Crippen LogP contribution in [0, 0.1) is 6.92 Å². The van der Waals surface area contributed by atoms with Gasteiger partial charge < -0.3 is 10.6 Å². The number of aromatic amines is 1. The Labute approximate surface area is 238 Å². The Morgan fingerprint density at radius 3 is 2.49 bits per heavy atom. The minimum Gasteiger partial charge on any atom is -0.382 e. The molecule has 7 heterocycles.